The largest absolute Gasteiger partial charge is 0.488 e. The normalized spacial score (nSPS) is 10.2. The highest BCUT2D eigenvalue weighted by molar-refractivity contribution is 7.98. The minimum absolute atomic E-state index is 0.257. The molecule has 0 heterocycles. The first-order valence-electron chi connectivity index (χ1n) is 6.39. The molecule has 0 aromatic heterocycles. The molecule has 2 N–H and O–H groups in total. The van der Waals surface area contributed by atoms with Crippen LogP contribution in [0.1, 0.15) is 15.9 Å². The van der Waals surface area contributed by atoms with Gasteiger partial charge in [-0.2, -0.15) is 0 Å². The molecular weight excluding hydrogens is 286 g/mol. The van der Waals surface area contributed by atoms with Gasteiger partial charge in [0.2, 0.25) is 0 Å². The second kappa shape index (κ2) is 7.04. The number of para-hydroxylation sites is 1. The molecule has 0 unspecified atom stereocenters. The number of nitrogens with two attached hydrogens (primary N) is 1. The van der Waals surface area contributed by atoms with Crippen LogP contribution in [0.2, 0.25) is 0 Å². The van der Waals surface area contributed by atoms with Crippen LogP contribution in [0.5, 0.6) is 5.75 Å². The minimum Gasteiger partial charge on any atom is -0.488 e. The Morgan fingerprint density at radius 2 is 1.95 bits per heavy atom. The first kappa shape index (κ1) is 15.3. The summed E-state index contributed by atoms with van der Waals surface area (Å²) in [5.74, 6) is 0.327. The molecule has 0 spiro atoms. The van der Waals surface area contributed by atoms with Crippen LogP contribution in [-0.4, -0.2) is 19.3 Å². The molecule has 0 fully saturated rings. The van der Waals surface area contributed by atoms with Gasteiger partial charge >= 0.3 is 5.97 Å². The van der Waals surface area contributed by atoms with Gasteiger partial charge in [-0.1, -0.05) is 24.3 Å². The third kappa shape index (κ3) is 3.49. The summed E-state index contributed by atoms with van der Waals surface area (Å²) in [6, 6.07) is 13.0. The molecule has 2 rings (SSSR count). The van der Waals surface area contributed by atoms with Crippen LogP contribution in [0.15, 0.2) is 47.4 Å². The van der Waals surface area contributed by atoms with Gasteiger partial charge in [-0.3, -0.25) is 0 Å². The SMILES string of the molecule is COC(=O)c1c(N)cccc1COc1ccccc1SC. The van der Waals surface area contributed by atoms with Crippen molar-refractivity contribution in [2.45, 2.75) is 11.5 Å². The van der Waals surface area contributed by atoms with E-state index in [1.807, 2.05) is 36.6 Å². The van der Waals surface area contributed by atoms with Crippen molar-refractivity contribution in [3.05, 3.63) is 53.6 Å². The van der Waals surface area contributed by atoms with Crippen LogP contribution in [0, 0.1) is 0 Å². The summed E-state index contributed by atoms with van der Waals surface area (Å²) in [4.78, 5) is 12.9. The van der Waals surface area contributed by atoms with Gasteiger partial charge in [0.1, 0.15) is 12.4 Å². The van der Waals surface area contributed by atoms with E-state index in [1.165, 1.54) is 7.11 Å². The van der Waals surface area contributed by atoms with Crippen molar-refractivity contribution in [1.82, 2.24) is 0 Å². The summed E-state index contributed by atoms with van der Waals surface area (Å²) in [5, 5.41) is 0. The van der Waals surface area contributed by atoms with Crippen LogP contribution in [-0.2, 0) is 11.3 Å². The number of carbonyl (C=O) groups excluding carboxylic acids is 1. The second-order valence-corrected chi connectivity index (χ2v) is 5.16. The van der Waals surface area contributed by atoms with Crippen molar-refractivity contribution < 1.29 is 14.3 Å². The number of benzene rings is 2. The summed E-state index contributed by atoms with van der Waals surface area (Å²) < 4.78 is 10.6. The zero-order valence-electron chi connectivity index (χ0n) is 12.0. The Bertz CT molecular complexity index is 643. The Balaban J connectivity index is 2.24. The zero-order chi connectivity index (χ0) is 15.2. The molecular formula is C16H17NO3S. The molecule has 110 valence electrons. The van der Waals surface area contributed by atoms with E-state index in [4.69, 9.17) is 15.2 Å². The molecule has 5 heteroatoms. The molecule has 21 heavy (non-hydrogen) atoms. The Labute approximate surface area is 128 Å². The molecule has 4 nitrogen and oxygen atoms in total. The third-order valence-corrected chi connectivity index (χ3v) is 3.80. The summed E-state index contributed by atoms with van der Waals surface area (Å²) >= 11 is 1.61. The van der Waals surface area contributed by atoms with Gasteiger partial charge in [-0.05, 0) is 24.5 Å². The first-order chi connectivity index (χ1) is 10.2. The lowest BCUT2D eigenvalue weighted by Crippen LogP contribution is -2.11. The maximum Gasteiger partial charge on any atom is 0.340 e. The molecule has 0 amide bonds. The van der Waals surface area contributed by atoms with Crippen molar-refractivity contribution in [2.75, 3.05) is 19.1 Å². The van der Waals surface area contributed by atoms with Crippen molar-refractivity contribution in [3.63, 3.8) is 0 Å². The predicted octanol–water partition coefficient (Wildman–Crippen LogP) is 3.36. The molecule has 0 saturated carbocycles. The number of nitrogen functional groups attached to an aromatic ring is 1. The quantitative estimate of drug-likeness (QED) is 0.521. The van der Waals surface area contributed by atoms with Gasteiger partial charge < -0.3 is 15.2 Å². The van der Waals surface area contributed by atoms with E-state index in [1.54, 1.807) is 23.9 Å². The van der Waals surface area contributed by atoms with Gasteiger partial charge in [-0.25, -0.2) is 4.79 Å². The number of carbonyl (C=O) groups is 1. The molecule has 0 radical (unpaired) electrons. The first-order valence-corrected chi connectivity index (χ1v) is 7.61. The van der Waals surface area contributed by atoms with E-state index >= 15 is 0 Å². The molecule has 0 bridgehead atoms. The molecule has 0 aliphatic rings. The van der Waals surface area contributed by atoms with E-state index < -0.39 is 5.97 Å². The average Bonchev–Trinajstić information content (AvgIpc) is 2.52. The van der Waals surface area contributed by atoms with Gasteiger partial charge in [0, 0.05) is 16.1 Å². The van der Waals surface area contributed by atoms with Crippen LogP contribution < -0.4 is 10.5 Å². The summed E-state index contributed by atoms with van der Waals surface area (Å²) in [7, 11) is 1.34. The maximum atomic E-state index is 11.8. The smallest absolute Gasteiger partial charge is 0.340 e. The highest BCUT2D eigenvalue weighted by Gasteiger charge is 2.16. The van der Waals surface area contributed by atoms with Crippen molar-refractivity contribution in [1.29, 1.82) is 0 Å². The lowest BCUT2D eigenvalue weighted by atomic mass is 10.1. The van der Waals surface area contributed by atoms with Gasteiger partial charge in [0.15, 0.2) is 0 Å². The highest BCUT2D eigenvalue weighted by atomic mass is 32.2. The number of hydrogen-bond acceptors (Lipinski definition) is 5. The van der Waals surface area contributed by atoms with E-state index in [0.717, 1.165) is 10.6 Å². The Hall–Kier alpha value is -2.14. The summed E-state index contributed by atoms with van der Waals surface area (Å²) in [6.45, 7) is 0.257. The third-order valence-electron chi connectivity index (χ3n) is 3.02. The fourth-order valence-corrected chi connectivity index (χ4v) is 2.53. The van der Waals surface area contributed by atoms with E-state index in [9.17, 15) is 4.79 Å². The molecule has 0 saturated heterocycles. The lowest BCUT2D eigenvalue weighted by Gasteiger charge is -2.13. The Morgan fingerprint density at radius 3 is 2.67 bits per heavy atom. The molecule has 0 aliphatic heterocycles. The number of ether oxygens (including phenoxy) is 2. The number of thioether (sulfide) groups is 1. The van der Waals surface area contributed by atoms with Gasteiger partial charge in [0.05, 0.1) is 12.7 Å². The second-order valence-electron chi connectivity index (χ2n) is 4.31. The van der Waals surface area contributed by atoms with Crippen LogP contribution in [0.3, 0.4) is 0 Å². The Morgan fingerprint density at radius 1 is 1.19 bits per heavy atom. The fourth-order valence-electron chi connectivity index (χ4n) is 1.98. The van der Waals surface area contributed by atoms with Gasteiger partial charge in [-0.15, -0.1) is 11.8 Å². The molecule has 2 aromatic carbocycles. The van der Waals surface area contributed by atoms with E-state index in [-0.39, 0.29) is 6.61 Å². The monoisotopic (exact) mass is 303 g/mol. The average molecular weight is 303 g/mol. The summed E-state index contributed by atoms with van der Waals surface area (Å²) in [5.41, 5.74) is 7.32. The zero-order valence-corrected chi connectivity index (χ0v) is 12.8. The van der Waals surface area contributed by atoms with Crippen molar-refractivity contribution >= 4 is 23.4 Å². The van der Waals surface area contributed by atoms with E-state index in [2.05, 4.69) is 0 Å². The van der Waals surface area contributed by atoms with Gasteiger partial charge in [0.25, 0.3) is 0 Å². The van der Waals surface area contributed by atoms with Crippen LogP contribution >= 0.6 is 11.8 Å². The minimum atomic E-state index is -0.454. The van der Waals surface area contributed by atoms with Crippen LogP contribution in [0.4, 0.5) is 5.69 Å². The van der Waals surface area contributed by atoms with Crippen LogP contribution in [0.25, 0.3) is 0 Å². The summed E-state index contributed by atoms with van der Waals surface area (Å²) in [6.07, 6.45) is 1.99. The van der Waals surface area contributed by atoms with E-state index in [0.29, 0.717) is 16.8 Å². The molecule has 0 atom stereocenters. The number of esters is 1. The number of methoxy groups -OCH3 is 1. The predicted molar refractivity (Wildman–Crippen MR) is 84.7 cm³/mol. The topological polar surface area (TPSA) is 61.5 Å². The van der Waals surface area contributed by atoms with Crippen molar-refractivity contribution in [2.24, 2.45) is 0 Å². The van der Waals surface area contributed by atoms with Crippen molar-refractivity contribution in [3.8, 4) is 5.75 Å². The Kier molecular flexibility index (Phi) is 5.11. The number of hydrogen-bond donors (Lipinski definition) is 1. The number of anilines is 1. The highest BCUT2D eigenvalue weighted by Crippen LogP contribution is 2.28. The maximum absolute atomic E-state index is 11.8. The lowest BCUT2D eigenvalue weighted by molar-refractivity contribution is 0.0599. The standard InChI is InChI=1S/C16H17NO3S/c1-19-16(18)15-11(6-5-7-12(15)17)10-20-13-8-3-4-9-14(13)21-2/h3-9H,10,17H2,1-2H3. The fraction of sp³-hybridized carbons (Fsp3) is 0.188. The number of rotatable bonds is 5. The molecule has 2 aromatic rings. The molecule has 0 aliphatic carbocycles.